The van der Waals surface area contributed by atoms with Gasteiger partial charge in [0, 0.05) is 12.6 Å². The number of rotatable bonds is 9. The van der Waals surface area contributed by atoms with Gasteiger partial charge in [0.15, 0.2) is 0 Å². The van der Waals surface area contributed by atoms with E-state index in [-0.39, 0.29) is 0 Å². The molecule has 2 aromatic rings. The van der Waals surface area contributed by atoms with Crippen molar-refractivity contribution in [2.24, 2.45) is 5.73 Å². The topological polar surface area (TPSA) is 75.2 Å². The molecule has 0 spiro atoms. The Kier molecular flexibility index (Phi) is 6.02. The molecule has 1 heterocycles. The minimum Gasteiger partial charge on any atom is -0.494 e. The Balaban J connectivity index is 1.74. The third-order valence-corrected chi connectivity index (χ3v) is 2.87. The first-order valence-electron chi connectivity index (χ1n) is 7.26. The summed E-state index contributed by atoms with van der Waals surface area (Å²) in [5, 5.41) is 8.06. The minimum atomic E-state index is 0.542. The fourth-order valence-electron chi connectivity index (χ4n) is 1.82. The van der Waals surface area contributed by atoms with Crippen LogP contribution in [0.3, 0.4) is 0 Å². The molecule has 0 bridgehead atoms. The Bertz CT molecular complexity index is 525. The van der Waals surface area contributed by atoms with Crippen LogP contribution in [0, 0.1) is 0 Å². The molecule has 0 saturated heterocycles. The highest BCUT2D eigenvalue weighted by atomic mass is 16.5. The summed E-state index contributed by atoms with van der Waals surface area (Å²) in [5.74, 6) is 1.69. The minimum absolute atomic E-state index is 0.542. The van der Waals surface area contributed by atoms with Crippen LogP contribution in [0.4, 0.5) is 0 Å². The van der Waals surface area contributed by atoms with Gasteiger partial charge in [-0.05, 0) is 37.2 Å². The fraction of sp³-hybridized carbons (Fsp3) is 0.467. The number of benzene rings is 1. The summed E-state index contributed by atoms with van der Waals surface area (Å²) in [6, 6.07) is 7.65. The van der Waals surface area contributed by atoms with Crippen molar-refractivity contribution in [3.63, 3.8) is 0 Å². The highest BCUT2D eigenvalue weighted by molar-refractivity contribution is 5.31. The van der Waals surface area contributed by atoms with E-state index in [1.807, 2.05) is 30.5 Å². The van der Waals surface area contributed by atoms with Crippen LogP contribution in [0.15, 0.2) is 30.5 Å². The molecule has 1 aromatic carbocycles. The maximum absolute atomic E-state index is 5.67. The first kappa shape index (κ1) is 15.3. The molecular weight excluding hydrogens is 268 g/mol. The summed E-state index contributed by atoms with van der Waals surface area (Å²) in [4.78, 5) is 0. The van der Waals surface area contributed by atoms with Crippen LogP contribution in [-0.2, 0) is 13.0 Å². The van der Waals surface area contributed by atoms with Crippen molar-refractivity contribution >= 4 is 0 Å². The Labute approximate surface area is 124 Å². The maximum Gasteiger partial charge on any atom is 0.119 e. The number of nitrogens with zero attached hydrogens (tertiary/aromatic N) is 3. The van der Waals surface area contributed by atoms with Crippen LogP contribution >= 0.6 is 0 Å². The van der Waals surface area contributed by atoms with E-state index in [2.05, 4.69) is 17.2 Å². The quantitative estimate of drug-likeness (QED) is 0.760. The van der Waals surface area contributed by atoms with Gasteiger partial charge in [0.2, 0.25) is 0 Å². The summed E-state index contributed by atoms with van der Waals surface area (Å²) in [7, 11) is 0. The van der Waals surface area contributed by atoms with Gasteiger partial charge in [-0.25, -0.2) is 4.68 Å². The predicted molar refractivity (Wildman–Crippen MR) is 80.5 cm³/mol. The average molecular weight is 290 g/mol. The molecule has 0 radical (unpaired) electrons. The highest BCUT2D eigenvalue weighted by Crippen LogP contribution is 2.17. The Morgan fingerprint density at radius 1 is 1.10 bits per heavy atom. The molecule has 0 atom stereocenters. The van der Waals surface area contributed by atoms with Crippen LogP contribution in [-0.4, -0.2) is 34.8 Å². The standard InChI is InChI=1S/C15H22N4O2/c1-2-10-20-14-3-5-15(6-4-14)21-11-9-19-12-13(7-8-16)17-18-19/h3-6,12H,2,7-11,16H2,1H3. The zero-order valence-electron chi connectivity index (χ0n) is 12.4. The Morgan fingerprint density at radius 3 is 2.38 bits per heavy atom. The van der Waals surface area contributed by atoms with Crippen LogP contribution in [0.2, 0.25) is 0 Å². The summed E-state index contributed by atoms with van der Waals surface area (Å²) in [6.07, 6.45) is 3.65. The van der Waals surface area contributed by atoms with Gasteiger partial charge < -0.3 is 15.2 Å². The first-order chi connectivity index (χ1) is 10.3. The molecule has 0 aliphatic rings. The van der Waals surface area contributed by atoms with Crippen molar-refractivity contribution in [3.05, 3.63) is 36.2 Å². The highest BCUT2D eigenvalue weighted by Gasteiger charge is 2.00. The van der Waals surface area contributed by atoms with Crippen molar-refractivity contribution < 1.29 is 9.47 Å². The molecule has 1 aromatic heterocycles. The molecular formula is C15H22N4O2. The normalized spacial score (nSPS) is 10.6. The summed E-state index contributed by atoms with van der Waals surface area (Å²) in [6.45, 7) is 4.60. The fourth-order valence-corrected chi connectivity index (χ4v) is 1.82. The Morgan fingerprint density at radius 2 is 1.76 bits per heavy atom. The second-order valence-electron chi connectivity index (χ2n) is 4.68. The molecule has 2 rings (SSSR count). The van der Waals surface area contributed by atoms with Crippen LogP contribution in [0.25, 0.3) is 0 Å². The lowest BCUT2D eigenvalue weighted by atomic mass is 10.3. The van der Waals surface area contributed by atoms with E-state index in [0.29, 0.717) is 19.7 Å². The lowest BCUT2D eigenvalue weighted by Gasteiger charge is -2.08. The summed E-state index contributed by atoms with van der Waals surface area (Å²) < 4.78 is 13.0. The van der Waals surface area contributed by atoms with E-state index >= 15 is 0 Å². The third-order valence-electron chi connectivity index (χ3n) is 2.87. The first-order valence-corrected chi connectivity index (χ1v) is 7.26. The van der Waals surface area contributed by atoms with Gasteiger partial charge in [0.05, 0.1) is 18.8 Å². The molecule has 0 amide bonds. The van der Waals surface area contributed by atoms with Crippen molar-refractivity contribution in [1.29, 1.82) is 0 Å². The van der Waals surface area contributed by atoms with E-state index in [1.165, 1.54) is 0 Å². The van der Waals surface area contributed by atoms with Crippen LogP contribution in [0.5, 0.6) is 11.5 Å². The monoisotopic (exact) mass is 290 g/mol. The average Bonchev–Trinajstić information content (AvgIpc) is 2.94. The van der Waals surface area contributed by atoms with Gasteiger partial charge in [-0.2, -0.15) is 0 Å². The van der Waals surface area contributed by atoms with Gasteiger partial charge >= 0.3 is 0 Å². The van der Waals surface area contributed by atoms with Gasteiger partial charge in [-0.15, -0.1) is 5.10 Å². The molecule has 6 heteroatoms. The second-order valence-corrected chi connectivity index (χ2v) is 4.68. The SMILES string of the molecule is CCCOc1ccc(OCCn2cc(CCN)nn2)cc1. The van der Waals surface area contributed by atoms with Crippen LogP contribution in [0.1, 0.15) is 19.0 Å². The maximum atomic E-state index is 5.67. The predicted octanol–water partition coefficient (Wildman–Crippen LogP) is 1.65. The second kappa shape index (κ2) is 8.26. The van der Waals surface area contributed by atoms with Gasteiger partial charge in [0.1, 0.15) is 18.1 Å². The van der Waals surface area contributed by atoms with E-state index in [0.717, 1.165) is 36.6 Å². The number of aromatic nitrogens is 3. The molecule has 0 unspecified atom stereocenters. The zero-order valence-corrected chi connectivity index (χ0v) is 12.4. The lowest BCUT2D eigenvalue weighted by Crippen LogP contribution is -2.08. The van der Waals surface area contributed by atoms with Crippen molar-refractivity contribution in [2.45, 2.75) is 26.3 Å². The molecule has 0 saturated carbocycles. The third kappa shape index (κ3) is 5.07. The summed E-state index contributed by atoms with van der Waals surface area (Å²) in [5.41, 5.74) is 6.39. The van der Waals surface area contributed by atoms with Crippen molar-refractivity contribution in [3.8, 4) is 11.5 Å². The molecule has 0 fully saturated rings. The van der Waals surface area contributed by atoms with Crippen molar-refractivity contribution in [2.75, 3.05) is 19.8 Å². The van der Waals surface area contributed by atoms with E-state index < -0.39 is 0 Å². The molecule has 6 nitrogen and oxygen atoms in total. The van der Waals surface area contributed by atoms with E-state index in [4.69, 9.17) is 15.2 Å². The molecule has 0 aliphatic heterocycles. The molecule has 114 valence electrons. The molecule has 21 heavy (non-hydrogen) atoms. The largest absolute Gasteiger partial charge is 0.494 e. The number of ether oxygens (including phenoxy) is 2. The summed E-state index contributed by atoms with van der Waals surface area (Å²) >= 11 is 0. The lowest BCUT2D eigenvalue weighted by molar-refractivity contribution is 0.287. The smallest absolute Gasteiger partial charge is 0.119 e. The van der Waals surface area contributed by atoms with E-state index in [1.54, 1.807) is 4.68 Å². The van der Waals surface area contributed by atoms with Crippen LogP contribution < -0.4 is 15.2 Å². The van der Waals surface area contributed by atoms with Gasteiger partial charge in [-0.3, -0.25) is 0 Å². The van der Waals surface area contributed by atoms with Crippen molar-refractivity contribution in [1.82, 2.24) is 15.0 Å². The van der Waals surface area contributed by atoms with Gasteiger partial charge in [-0.1, -0.05) is 12.1 Å². The van der Waals surface area contributed by atoms with E-state index in [9.17, 15) is 0 Å². The molecule has 2 N–H and O–H groups in total. The Hall–Kier alpha value is -2.08. The zero-order chi connectivity index (χ0) is 14.9. The number of nitrogens with two attached hydrogens (primary N) is 1. The number of hydrogen-bond acceptors (Lipinski definition) is 5. The molecule has 0 aliphatic carbocycles. The number of hydrogen-bond donors (Lipinski definition) is 1. The van der Waals surface area contributed by atoms with Gasteiger partial charge in [0.25, 0.3) is 0 Å².